The Morgan fingerprint density at radius 1 is 1.30 bits per heavy atom. The average Bonchev–Trinajstić information content (AvgIpc) is 3.19. The fraction of sp³-hybridized carbons (Fsp3) is 0.526. The molecule has 2 heterocycles. The van der Waals surface area contributed by atoms with Crippen molar-refractivity contribution in [2.45, 2.75) is 51.4 Å². The minimum Gasteiger partial charge on any atom is -0.299 e. The second-order valence-electron chi connectivity index (χ2n) is 6.77. The molecule has 1 aliphatic heterocycles. The third kappa shape index (κ3) is 4.00. The van der Waals surface area contributed by atoms with Crippen LogP contribution in [0, 0.1) is 0 Å². The Morgan fingerprint density at radius 2 is 2.09 bits per heavy atom. The van der Waals surface area contributed by atoms with E-state index in [0.717, 1.165) is 13.0 Å². The van der Waals surface area contributed by atoms with Crippen LogP contribution in [-0.2, 0) is 13.0 Å². The van der Waals surface area contributed by atoms with Gasteiger partial charge in [-0.3, -0.25) is 9.80 Å². The molecule has 0 radical (unpaired) electrons. The maximum absolute atomic E-state index is 4.49. The summed E-state index contributed by atoms with van der Waals surface area (Å²) >= 11 is 1.77. The van der Waals surface area contributed by atoms with Gasteiger partial charge < -0.3 is 0 Å². The van der Waals surface area contributed by atoms with E-state index in [-0.39, 0.29) is 0 Å². The number of nitrogens with zero attached hydrogens (tertiary/aromatic N) is 3. The minimum atomic E-state index is 0.564. The number of thiazole rings is 1. The highest BCUT2D eigenvalue weighted by Gasteiger charge is 2.37. The van der Waals surface area contributed by atoms with Crippen LogP contribution >= 0.6 is 11.3 Å². The Hall–Kier alpha value is -1.23. The molecule has 4 heteroatoms. The van der Waals surface area contributed by atoms with Gasteiger partial charge in [0.05, 0.1) is 6.54 Å². The topological polar surface area (TPSA) is 19.4 Å². The fourth-order valence-electron chi connectivity index (χ4n) is 3.58. The van der Waals surface area contributed by atoms with Crippen molar-refractivity contribution in [1.29, 1.82) is 0 Å². The number of likely N-dealkylation sites (tertiary alicyclic amines) is 1. The maximum atomic E-state index is 4.49. The van der Waals surface area contributed by atoms with E-state index < -0.39 is 0 Å². The molecule has 0 saturated carbocycles. The van der Waals surface area contributed by atoms with E-state index in [1.165, 1.54) is 23.5 Å². The lowest BCUT2D eigenvalue weighted by Gasteiger charge is -2.35. The van der Waals surface area contributed by atoms with Crippen molar-refractivity contribution in [2.24, 2.45) is 0 Å². The standard InChI is InChI=1S/C19H27N3S/c1-15(2)21(3)17-9-11-22(14-19-20-10-12-23-19)18(17)13-16-7-5-4-6-8-16/h4-8,10,12,15,17-18H,9,11,13-14H2,1-3H3/t17-,18+/m1/s1. The molecule has 23 heavy (non-hydrogen) atoms. The Balaban J connectivity index is 1.78. The highest BCUT2D eigenvalue weighted by Crippen LogP contribution is 2.28. The van der Waals surface area contributed by atoms with Crippen LogP contribution in [0.25, 0.3) is 0 Å². The molecule has 1 fully saturated rings. The Bertz CT molecular complexity index is 582. The van der Waals surface area contributed by atoms with Crippen LogP contribution in [-0.4, -0.2) is 46.5 Å². The third-order valence-electron chi connectivity index (χ3n) is 5.07. The average molecular weight is 330 g/mol. The first kappa shape index (κ1) is 16.6. The van der Waals surface area contributed by atoms with E-state index in [1.54, 1.807) is 11.3 Å². The molecule has 3 nitrogen and oxygen atoms in total. The van der Waals surface area contributed by atoms with Crippen LogP contribution in [0.5, 0.6) is 0 Å². The lowest BCUT2D eigenvalue weighted by molar-refractivity contribution is 0.135. The molecule has 1 aromatic heterocycles. The third-order valence-corrected chi connectivity index (χ3v) is 5.84. The predicted octanol–water partition coefficient (Wildman–Crippen LogP) is 3.67. The van der Waals surface area contributed by atoms with E-state index in [4.69, 9.17) is 0 Å². The molecular weight excluding hydrogens is 302 g/mol. The molecule has 1 saturated heterocycles. The zero-order valence-electron chi connectivity index (χ0n) is 14.4. The van der Waals surface area contributed by atoms with Gasteiger partial charge in [0.2, 0.25) is 0 Å². The highest BCUT2D eigenvalue weighted by atomic mass is 32.1. The van der Waals surface area contributed by atoms with Gasteiger partial charge in [0.25, 0.3) is 0 Å². The lowest BCUT2D eigenvalue weighted by atomic mass is 9.98. The lowest BCUT2D eigenvalue weighted by Crippen LogP contribution is -2.47. The first-order chi connectivity index (χ1) is 11.1. The van der Waals surface area contributed by atoms with Crippen molar-refractivity contribution >= 4 is 11.3 Å². The fourth-order valence-corrected chi connectivity index (χ4v) is 4.22. The predicted molar refractivity (Wildman–Crippen MR) is 97.8 cm³/mol. The van der Waals surface area contributed by atoms with Crippen LogP contribution in [0.2, 0.25) is 0 Å². The number of benzene rings is 1. The molecule has 1 aromatic carbocycles. The molecule has 1 aliphatic rings. The largest absolute Gasteiger partial charge is 0.299 e. The van der Waals surface area contributed by atoms with Crippen LogP contribution in [0.4, 0.5) is 0 Å². The van der Waals surface area contributed by atoms with E-state index in [0.29, 0.717) is 18.1 Å². The van der Waals surface area contributed by atoms with Crippen molar-refractivity contribution in [2.75, 3.05) is 13.6 Å². The Morgan fingerprint density at radius 3 is 2.74 bits per heavy atom. The summed E-state index contributed by atoms with van der Waals surface area (Å²) in [5.41, 5.74) is 1.44. The first-order valence-corrected chi connectivity index (χ1v) is 9.41. The highest BCUT2D eigenvalue weighted by molar-refractivity contribution is 7.09. The first-order valence-electron chi connectivity index (χ1n) is 8.53. The number of hydrogen-bond donors (Lipinski definition) is 0. The van der Waals surface area contributed by atoms with E-state index in [9.17, 15) is 0 Å². The number of aromatic nitrogens is 1. The zero-order chi connectivity index (χ0) is 16.2. The Labute approximate surface area is 144 Å². The van der Waals surface area contributed by atoms with Crippen LogP contribution in [0.15, 0.2) is 41.9 Å². The summed E-state index contributed by atoms with van der Waals surface area (Å²) in [6.07, 6.45) is 4.28. The maximum Gasteiger partial charge on any atom is 0.107 e. The quantitative estimate of drug-likeness (QED) is 0.806. The summed E-state index contributed by atoms with van der Waals surface area (Å²) in [5.74, 6) is 0. The summed E-state index contributed by atoms with van der Waals surface area (Å²) in [4.78, 5) is 9.67. The summed E-state index contributed by atoms with van der Waals surface area (Å²) in [5, 5.41) is 3.31. The summed E-state index contributed by atoms with van der Waals surface area (Å²) in [6, 6.07) is 12.7. The van der Waals surface area contributed by atoms with E-state index in [1.807, 2.05) is 6.20 Å². The molecule has 0 bridgehead atoms. The molecule has 0 N–H and O–H groups in total. The van der Waals surface area contributed by atoms with Crippen LogP contribution in [0.3, 0.4) is 0 Å². The molecule has 124 valence electrons. The molecular formula is C19H27N3S. The smallest absolute Gasteiger partial charge is 0.107 e. The van der Waals surface area contributed by atoms with Gasteiger partial charge in [-0.25, -0.2) is 4.98 Å². The molecule has 0 amide bonds. The number of hydrogen-bond acceptors (Lipinski definition) is 4. The molecule has 2 atom stereocenters. The normalized spacial score (nSPS) is 22.3. The second kappa shape index (κ2) is 7.56. The van der Waals surface area contributed by atoms with E-state index in [2.05, 4.69) is 71.4 Å². The van der Waals surface area contributed by atoms with Gasteiger partial charge in [-0.15, -0.1) is 11.3 Å². The monoisotopic (exact) mass is 329 g/mol. The van der Waals surface area contributed by atoms with Crippen molar-refractivity contribution in [3.8, 4) is 0 Å². The van der Waals surface area contributed by atoms with Crippen LogP contribution < -0.4 is 0 Å². The van der Waals surface area contributed by atoms with Crippen molar-refractivity contribution < 1.29 is 0 Å². The SMILES string of the molecule is CC(C)N(C)[C@@H]1CCN(Cc2nccs2)[C@H]1Cc1ccccc1. The van der Waals surface area contributed by atoms with Crippen LogP contribution in [0.1, 0.15) is 30.8 Å². The summed E-state index contributed by atoms with van der Waals surface area (Å²) in [7, 11) is 2.28. The van der Waals surface area contributed by atoms with Crippen molar-refractivity contribution in [1.82, 2.24) is 14.8 Å². The van der Waals surface area contributed by atoms with E-state index >= 15 is 0 Å². The number of likely N-dealkylation sites (N-methyl/N-ethyl adjacent to an activating group) is 1. The van der Waals surface area contributed by atoms with Crippen molar-refractivity contribution in [3.63, 3.8) is 0 Å². The van der Waals surface area contributed by atoms with Gasteiger partial charge in [-0.1, -0.05) is 30.3 Å². The van der Waals surface area contributed by atoms with Gasteiger partial charge in [0.1, 0.15) is 5.01 Å². The Kier molecular flexibility index (Phi) is 5.46. The molecule has 2 aromatic rings. The summed E-state index contributed by atoms with van der Waals surface area (Å²) in [6.45, 7) is 6.74. The van der Waals surface area contributed by atoms with Gasteiger partial charge in [0, 0.05) is 36.2 Å². The van der Waals surface area contributed by atoms with Crippen molar-refractivity contribution in [3.05, 3.63) is 52.5 Å². The minimum absolute atomic E-state index is 0.564. The molecule has 0 unspecified atom stereocenters. The van der Waals surface area contributed by atoms with Gasteiger partial charge in [-0.2, -0.15) is 0 Å². The number of rotatable bonds is 6. The van der Waals surface area contributed by atoms with Gasteiger partial charge in [0.15, 0.2) is 0 Å². The summed E-state index contributed by atoms with van der Waals surface area (Å²) < 4.78 is 0. The molecule has 0 spiro atoms. The van der Waals surface area contributed by atoms with Gasteiger partial charge >= 0.3 is 0 Å². The van der Waals surface area contributed by atoms with Gasteiger partial charge in [-0.05, 0) is 39.3 Å². The molecule has 3 rings (SSSR count). The molecule has 0 aliphatic carbocycles. The zero-order valence-corrected chi connectivity index (χ0v) is 15.2. The second-order valence-corrected chi connectivity index (χ2v) is 7.75.